The Bertz CT molecular complexity index is 644. The number of aliphatic carboxylic acids is 1. The van der Waals surface area contributed by atoms with Crippen LogP contribution in [0.25, 0.3) is 0 Å². The molecule has 1 aromatic carbocycles. The highest BCUT2D eigenvalue weighted by atomic mass is 16.4. The normalized spacial score (nSPS) is 20.5. The van der Waals surface area contributed by atoms with Gasteiger partial charge in [-0.25, -0.2) is 0 Å². The standard InChI is InChI=1S/C20H28N2O4/c1-21-19(24)15-8-6-7-14(13-15)11-12-18(23)22-17-10-5-3-2-4-9-16(17)20(25)26/h6-8,13,16-17H,2-5,9-12H2,1H3,(H,21,24)(H,22,23)(H,25,26). The molecule has 1 aliphatic carbocycles. The molecule has 0 saturated heterocycles. The summed E-state index contributed by atoms with van der Waals surface area (Å²) < 4.78 is 0. The number of amides is 2. The van der Waals surface area contributed by atoms with Crippen molar-refractivity contribution in [3.8, 4) is 0 Å². The maximum absolute atomic E-state index is 12.3. The molecular formula is C20H28N2O4. The zero-order valence-corrected chi connectivity index (χ0v) is 15.3. The van der Waals surface area contributed by atoms with Gasteiger partial charge < -0.3 is 15.7 Å². The van der Waals surface area contributed by atoms with Gasteiger partial charge in [0.05, 0.1) is 5.92 Å². The molecule has 1 fully saturated rings. The zero-order valence-electron chi connectivity index (χ0n) is 15.3. The van der Waals surface area contributed by atoms with E-state index < -0.39 is 11.9 Å². The van der Waals surface area contributed by atoms with Gasteiger partial charge in [-0.1, -0.05) is 37.8 Å². The fourth-order valence-electron chi connectivity index (χ4n) is 3.50. The summed E-state index contributed by atoms with van der Waals surface area (Å²) in [6, 6.07) is 6.90. The molecule has 2 amide bonds. The highest BCUT2D eigenvalue weighted by Gasteiger charge is 2.29. The summed E-state index contributed by atoms with van der Waals surface area (Å²) in [6.45, 7) is 0. The Kier molecular flexibility index (Phi) is 7.63. The highest BCUT2D eigenvalue weighted by Crippen LogP contribution is 2.23. The smallest absolute Gasteiger partial charge is 0.308 e. The van der Waals surface area contributed by atoms with Crippen LogP contribution in [0.15, 0.2) is 24.3 Å². The third kappa shape index (κ3) is 5.86. The van der Waals surface area contributed by atoms with Gasteiger partial charge in [-0.15, -0.1) is 0 Å². The maximum atomic E-state index is 12.3. The van der Waals surface area contributed by atoms with Crippen molar-refractivity contribution in [2.45, 2.75) is 57.4 Å². The molecule has 26 heavy (non-hydrogen) atoms. The van der Waals surface area contributed by atoms with E-state index in [-0.39, 0.29) is 24.3 Å². The largest absolute Gasteiger partial charge is 0.481 e. The van der Waals surface area contributed by atoms with Gasteiger partial charge in [-0.3, -0.25) is 14.4 Å². The van der Waals surface area contributed by atoms with Crippen molar-refractivity contribution in [1.82, 2.24) is 10.6 Å². The second kappa shape index (κ2) is 9.94. The van der Waals surface area contributed by atoms with Crippen molar-refractivity contribution < 1.29 is 19.5 Å². The number of aryl methyl sites for hydroxylation is 1. The molecule has 6 nitrogen and oxygen atoms in total. The second-order valence-electron chi connectivity index (χ2n) is 6.89. The Morgan fingerprint density at radius 2 is 1.85 bits per heavy atom. The highest BCUT2D eigenvalue weighted by molar-refractivity contribution is 5.94. The second-order valence-corrected chi connectivity index (χ2v) is 6.89. The van der Waals surface area contributed by atoms with E-state index >= 15 is 0 Å². The van der Waals surface area contributed by atoms with Gasteiger partial charge in [-0.05, 0) is 37.0 Å². The molecule has 0 spiro atoms. The van der Waals surface area contributed by atoms with Crippen LogP contribution in [-0.4, -0.2) is 36.0 Å². The SMILES string of the molecule is CNC(=O)c1cccc(CCC(=O)NC2CCCCCCC2C(=O)O)c1. The minimum Gasteiger partial charge on any atom is -0.481 e. The number of carbonyl (C=O) groups is 3. The lowest BCUT2D eigenvalue weighted by Crippen LogP contribution is -2.44. The van der Waals surface area contributed by atoms with Crippen LogP contribution in [0.5, 0.6) is 0 Å². The van der Waals surface area contributed by atoms with Crippen LogP contribution < -0.4 is 10.6 Å². The van der Waals surface area contributed by atoms with Gasteiger partial charge in [0.1, 0.15) is 0 Å². The molecule has 0 bridgehead atoms. The molecule has 2 unspecified atom stereocenters. The number of benzene rings is 1. The maximum Gasteiger partial charge on any atom is 0.308 e. The molecule has 0 aromatic heterocycles. The number of nitrogens with one attached hydrogen (secondary N) is 2. The molecule has 2 rings (SSSR count). The minimum absolute atomic E-state index is 0.132. The molecule has 1 aromatic rings. The van der Waals surface area contributed by atoms with Gasteiger partial charge in [0.2, 0.25) is 5.91 Å². The summed E-state index contributed by atoms with van der Waals surface area (Å²) in [7, 11) is 1.58. The van der Waals surface area contributed by atoms with Crippen LogP contribution in [0, 0.1) is 5.92 Å². The molecule has 6 heteroatoms. The molecule has 1 saturated carbocycles. The predicted octanol–water partition coefficient (Wildman–Crippen LogP) is 2.52. The third-order valence-corrected chi connectivity index (χ3v) is 4.99. The van der Waals surface area contributed by atoms with E-state index in [9.17, 15) is 19.5 Å². The van der Waals surface area contributed by atoms with E-state index in [1.807, 2.05) is 6.07 Å². The predicted molar refractivity (Wildman–Crippen MR) is 98.9 cm³/mol. The van der Waals surface area contributed by atoms with Gasteiger partial charge in [-0.2, -0.15) is 0 Å². The molecule has 1 aliphatic rings. The fourth-order valence-corrected chi connectivity index (χ4v) is 3.50. The van der Waals surface area contributed by atoms with Crippen molar-refractivity contribution >= 4 is 17.8 Å². The first-order valence-corrected chi connectivity index (χ1v) is 9.34. The Morgan fingerprint density at radius 1 is 1.12 bits per heavy atom. The summed E-state index contributed by atoms with van der Waals surface area (Å²) in [4.78, 5) is 35.6. The van der Waals surface area contributed by atoms with Crippen molar-refractivity contribution in [3.05, 3.63) is 35.4 Å². The van der Waals surface area contributed by atoms with Gasteiger partial charge in [0.15, 0.2) is 0 Å². The van der Waals surface area contributed by atoms with Crippen LogP contribution in [0.4, 0.5) is 0 Å². The Morgan fingerprint density at radius 3 is 2.54 bits per heavy atom. The Balaban J connectivity index is 1.92. The van der Waals surface area contributed by atoms with Crippen LogP contribution in [0.1, 0.15) is 60.9 Å². The van der Waals surface area contributed by atoms with Gasteiger partial charge in [0, 0.05) is 25.1 Å². The first-order valence-electron chi connectivity index (χ1n) is 9.34. The Hall–Kier alpha value is -2.37. The van der Waals surface area contributed by atoms with Crippen molar-refractivity contribution in [2.75, 3.05) is 7.05 Å². The van der Waals surface area contributed by atoms with Crippen LogP contribution >= 0.6 is 0 Å². The lowest BCUT2D eigenvalue weighted by Gasteiger charge is -2.27. The monoisotopic (exact) mass is 360 g/mol. The lowest BCUT2D eigenvalue weighted by molar-refractivity contribution is -0.143. The van der Waals surface area contributed by atoms with Crippen LogP contribution in [0.3, 0.4) is 0 Å². The average Bonchev–Trinajstić information content (AvgIpc) is 2.61. The first kappa shape index (κ1) is 19.9. The number of carbonyl (C=O) groups excluding carboxylic acids is 2. The van der Waals surface area contributed by atoms with Crippen LogP contribution in [-0.2, 0) is 16.0 Å². The number of carboxylic acid groups (broad SMARTS) is 1. The average molecular weight is 360 g/mol. The van der Waals surface area contributed by atoms with Crippen molar-refractivity contribution in [3.63, 3.8) is 0 Å². The molecule has 0 aliphatic heterocycles. The summed E-state index contributed by atoms with van der Waals surface area (Å²) in [5.74, 6) is -1.62. The van der Waals surface area contributed by atoms with Crippen molar-refractivity contribution in [2.24, 2.45) is 5.92 Å². The minimum atomic E-state index is -0.824. The van der Waals surface area contributed by atoms with E-state index in [2.05, 4.69) is 10.6 Å². The quantitative estimate of drug-likeness (QED) is 0.726. The molecular weight excluding hydrogens is 332 g/mol. The van der Waals surface area contributed by atoms with E-state index in [0.717, 1.165) is 37.7 Å². The number of carboxylic acids is 1. The van der Waals surface area contributed by atoms with Gasteiger partial charge in [0.25, 0.3) is 5.91 Å². The number of rotatable bonds is 6. The number of hydrogen-bond acceptors (Lipinski definition) is 3. The third-order valence-electron chi connectivity index (χ3n) is 4.99. The molecule has 3 N–H and O–H groups in total. The van der Waals surface area contributed by atoms with Gasteiger partial charge >= 0.3 is 5.97 Å². The summed E-state index contributed by atoms with van der Waals surface area (Å²) in [5, 5.41) is 15.0. The van der Waals surface area contributed by atoms with Crippen molar-refractivity contribution in [1.29, 1.82) is 0 Å². The summed E-state index contributed by atoms with van der Waals surface area (Å²) >= 11 is 0. The fraction of sp³-hybridized carbons (Fsp3) is 0.550. The summed E-state index contributed by atoms with van der Waals surface area (Å²) in [6.07, 6.45) is 6.13. The lowest BCUT2D eigenvalue weighted by atomic mass is 9.86. The molecule has 142 valence electrons. The number of hydrogen-bond donors (Lipinski definition) is 3. The molecule has 0 heterocycles. The van der Waals surface area contributed by atoms with E-state index in [4.69, 9.17) is 0 Å². The zero-order chi connectivity index (χ0) is 18.9. The Labute approximate surface area is 154 Å². The summed E-state index contributed by atoms with van der Waals surface area (Å²) in [5.41, 5.74) is 1.48. The first-order chi connectivity index (χ1) is 12.5. The molecule has 2 atom stereocenters. The van der Waals surface area contributed by atoms with E-state index in [0.29, 0.717) is 18.4 Å². The molecule has 0 radical (unpaired) electrons. The van der Waals surface area contributed by atoms with Crippen LogP contribution in [0.2, 0.25) is 0 Å². The van der Waals surface area contributed by atoms with E-state index in [1.54, 1.807) is 25.2 Å². The van der Waals surface area contributed by atoms with E-state index in [1.165, 1.54) is 0 Å². The topological polar surface area (TPSA) is 95.5 Å².